The van der Waals surface area contributed by atoms with Crippen molar-refractivity contribution in [1.82, 2.24) is 19.7 Å². The fourth-order valence-electron chi connectivity index (χ4n) is 2.48. The zero-order valence-electron chi connectivity index (χ0n) is 13.3. The third-order valence-corrected chi connectivity index (χ3v) is 3.65. The number of methoxy groups -OCH3 is 1. The van der Waals surface area contributed by atoms with Crippen molar-refractivity contribution >= 4 is 0 Å². The van der Waals surface area contributed by atoms with Crippen LogP contribution in [-0.2, 0) is 11.3 Å². The standard InChI is InChI=1S/C16H24N4O/c1-13-11-14(2)20(18-13)10-9-19(3)16(12-21-4)15-7-5-6-8-17-15/h5-8,11,16H,9-10,12H2,1-4H3/t16-/m1/s1. The van der Waals surface area contributed by atoms with Crippen LogP contribution in [-0.4, -0.2) is 47.0 Å². The number of rotatable bonds is 7. The molecule has 5 heteroatoms. The summed E-state index contributed by atoms with van der Waals surface area (Å²) in [5.41, 5.74) is 3.30. The highest BCUT2D eigenvalue weighted by Gasteiger charge is 2.18. The molecule has 0 bridgehead atoms. The molecule has 2 rings (SSSR count). The smallest absolute Gasteiger partial charge is 0.0755 e. The third kappa shape index (κ3) is 4.12. The summed E-state index contributed by atoms with van der Waals surface area (Å²) in [5, 5.41) is 4.50. The van der Waals surface area contributed by atoms with Crippen molar-refractivity contribution in [3.8, 4) is 0 Å². The molecule has 5 nitrogen and oxygen atoms in total. The number of aryl methyl sites for hydroxylation is 2. The fraction of sp³-hybridized carbons (Fsp3) is 0.500. The molecule has 0 aliphatic carbocycles. The minimum Gasteiger partial charge on any atom is -0.383 e. The predicted molar refractivity (Wildman–Crippen MR) is 83.2 cm³/mol. The lowest BCUT2D eigenvalue weighted by Crippen LogP contribution is -2.31. The Kier molecular flexibility index (Phi) is 5.47. The predicted octanol–water partition coefficient (Wildman–Crippen LogP) is 2.21. The Morgan fingerprint density at radius 3 is 2.71 bits per heavy atom. The molecule has 0 unspecified atom stereocenters. The van der Waals surface area contributed by atoms with Gasteiger partial charge in [0.25, 0.3) is 0 Å². The van der Waals surface area contributed by atoms with Gasteiger partial charge in [-0.15, -0.1) is 0 Å². The Labute approximate surface area is 126 Å². The van der Waals surface area contributed by atoms with Crippen LogP contribution >= 0.6 is 0 Å². The summed E-state index contributed by atoms with van der Waals surface area (Å²) in [4.78, 5) is 6.72. The summed E-state index contributed by atoms with van der Waals surface area (Å²) >= 11 is 0. The van der Waals surface area contributed by atoms with Gasteiger partial charge in [0.15, 0.2) is 0 Å². The molecule has 0 aromatic carbocycles. The minimum absolute atomic E-state index is 0.160. The Morgan fingerprint density at radius 2 is 2.14 bits per heavy atom. The summed E-state index contributed by atoms with van der Waals surface area (Å²) in [6.45, 7) is 6.50. The molecule has 0 radical (unpaired) electrons. The van der Waals surface area contributed by atoms with Gasteiger partial charge in [-0.05, 0) is 39.1 Å². The highest BCUT2D eigenvalue weighted by Crippen LogP contribution is 2.17. The Balaban J connectivity index is 2.02. The molecule has 0 aliphatic rings. The first-order valence-corrected chi connectivity index (χ1v) is 7.23. The summed E-state index contributed by atoms with van der Waals surface area (Å²) in [6, 6.07) is 8.26. The molecule has 21 heavy (non-hydrogen) atoms. The number of likely N-dealkylation sites (N-methyl/N-ethyl adjacent to an activating group) is 1. The molecule has 1 atom stereocenters. The van der Waals surface area contributed by atoms with E-state index in [1.54, 1.807) is 7.11 Å². The first kappa shape index (κ1) is 15.7. The fourth-order valence-corrected chi connectivity index (χ4v) is 2.48. The molecular weight excluding hydrogens is 264 g/mol. The molecule has 0 amide bonds. The van der Waals surface area contributed by atoms with Crippen LogP contribution < -0.4 is 0 Å². The number of hydrogen-bond donors (Lipinski definition) is 0. The van der Waals surface area contributed by atoms with E-state index in [1.807, 2.05) is 36.0 Å². The van der Waals surface area contributed by atoms with Gasteiger partial charge in [-0.3, -0.25) is 14.6 Å². The van der Waals surface area contributed by atoms with Gasteiger partial charge in [0, 0.05) is 25.5 Å². The molecule has 0 saturated carbocycles. The molecule has 2 aromatic heterocycles. The van der Waals surface area contributed by atoms with E-state index in [4.69, 9.17) is 4.74 Å². The van der Waals surface area contributed by atoms with E-state index in [0.717, 1.165) is 24.5 Å². The van der Waals surface area contributed by atoms with Gasteiger partial charge in [0.1, 0.15) is 0 Å². The summed E-state index contributed by atoms with van der Waals surface area (Å²) in [5.74, 6) is 0. The van der Waals surface area contributed by atoms with E-state index in [9.17, 15) is 0 Å². The quantitative estimate of drug-likeness (QED) is 0.783. The van der Waals surface area contributed by atoms with Crippen LogP contribution in [0.5, 0.6) is 0 Å². The second kappa shape index (κ2) is 7.33. The average molecular weight is 288 g/mol. The van der Waals surface area contributed by atoms with Crippen LogP contribution in [0.4, 0.5) is 0 Å². The van der Waals surface area contributed by atoms with Gasteiger partial charge < -0.3 is 4.74 Å². The second-order valence-corrected chi connectivity index (χ2v) is 5.36. The third-order valence-electron chi connectivity index (χ3n) is 3.65. The van der Waals surface area contributed by atoms with Crippen molar-refractivity contribution in [3.05, 3.63) is 47.5 Å². The monoisotopic (exact) mass is 288 g/mol. The molecule has 0 aliphatic heterocycles. The average Bonchev–Trinajstić information content (AvgIpc) is 2.81. The highest BCUT2D eigenvalue weighted by atomic mass is 16.5. The maximum atomic E-state index is 5.36. The van der Waals surface area contributed by atoms with Crippen LogP contribution in [0.3, 0.4) is 0 Å². The van der Waals surface area contributed by atoms with E-state index in [-0.39, 0.29) is 6.04 Å². The number of pyridine rings is 1. The maximum Gasteiger partial charge on any atom is 0.0755 e. The number of aromatic nitrogens is 3. The maximum absolute atomic E-state index is 5.36. The lowest BCUT2D eigenvalue weighted by molar-refractivity contribution is 0.101. The van der Waals surface area contributed by atoms with E-state index in [0.29, 0.717) is 6.61 Å². The van der Waals surface area contributed by atoms with Crippen LogP contribution in [0, 0.1) is 13.8 Å². The molecule has 0 fully saturated rings. The van der Waals surface area contributed by atoms with E-state index < -0.39 is 0 Å². The zero-order valence-corrected chi connectivity index (χ0v) is 13.3. The molecular formula is C16H24N4O. The topological polar surface area (TPSA) is 43.2 Å². The molecule has 2 heterocycles. The summed E-state index contributed by atoms with van der Waals surface area (Å²) in [6.07, 6.45) is 1.83. The lowest BCUT2D eigenvalue weighted by Gasteiger charge is -2.27. The summed E-state index contributed by atoms with van der Waals surface area (Å²) in [7, 11) is 3.83. The van der Waals surface area contributed by atoms with Crippen molar-refractivity contribution in [2.75, 3.05) is 27.3 Å². The first-order chi connectivity index (χ1) is 10.1. The lowest BCUT2D eigenvalue weighted by atomic mass is 10.1. The largest absolute Gasteiger partial charge is 0.383 e. The summed E-state index contributed by atoms with van der Waals surface area (Å²) < 4.78 is 7.41. The molecule has 114 valence electrons. The first-order valence-electron chi connectivity index (χ1n) is 7.23. The number of hydrogen-bond acceptors (Lipinski definition) is 4. The van der Waals surface area contributed by atoms with Crippen molar-refractivity contribution < 1.29 is 4.74 Å². The van der Waals surface area contributed by atoms with Gasteiger partial charge >= 0.3 is 0 Å². The zero-order chi connectivity index (χ0) is 15.2. The van der Waals surface area contributed by atoms with E-state index in [2.05, 4.69) is 35.0 Å². The number of nitrogens with zero attached hydrogens (tertiary/aromatic N) is 4. The second-order valence-electron chi connectivity index (χ2n) is 5.36. The van der Waals surface area contributed by atoms with Crippen molar-refractivity contribution in [2.24, 2.45) is 0 Å². The molecule has 0 saturated heterocycles. The van der Waals surface area contributed by atoms with Gasteiger partial charge in [-0.1, -0.05) is 6.07 Å². The molecule has 2 aromatic rings. The van der Waals surface area contributed by atoms with E-state index >= 15 is 0 Å². The molecule has 0 N–H and O–H groups in total. The van der Waals surface area contributed by atoms with Crippen LogP contribution in [0.1, 0.15) is 23.1 Å². The Hall–Kier alpha value is -1.72. The SMILES string of the molecule is COC[C@H](c1ccccn1)N(C)CCn1nc(C)cc1C. The van der Waals surface area contributed by atoms with Crippen LogP contribution in [0.2, 0.25) is 0 Å². The van der Waals surface area contributed by atoms with Crippen LogP contribution in [0.25, 0.3) is 0 Å². The minimum atomic E-state index is 0.160. The molecule has 0 spiro atoms. The normalized spacial score (nSPS) is 12.8. The van der Waals surface area contributed by atoms with Crippen molar-refractivity contribution in [3.63, 3.8) is 0 Å². The van der Waals surface area contributed by atoms with E-state index in [1.165, 1.54) is 5.69 Å². The van der Waals surface area contributed by atoms with Crippen molar-refractivity contribution in [2.45, 2.75) is 26.4 Å². The van der Waals surface area contributed by atoms with Gasteiger partial charge in [0.2, 0.25) is 0 Å². The Bertz CT molecular complexity index is 553. The van der Waals surface area contributed by atoms with Gasteiger partial charge in [-0.25, -0.2) is 0 Å². The van der Waals surface area contributed by atoms with Crippen molar-refractivity contribution in [1.29, 1.82) is 0 Å². The number of ether oxygens (including phenoxy) is 1. The Morgan fingerprint density at radius 1 is 1.33 bits per heavy atom. The van der Waals surface area contributed by atoms with Gasteiger partial charge in [-0.2, -0.15) is 5.10 Å². The van der Waals surface area contributed by atoms with Gasteiger partial charge in [0.05, 0.1) is 30.6 Å². The van der Waals surface area contributed by atoms with Crippen LogP contribution in [0.15, 0.2) is 30.5 Å². The highest BCUT2D eigenvalue weighted by molar-refractivity contribution is 5.09.